The number of sulfone groups is 1. The van der Waals surface area contributed by atoms with Crippen LogP contribution in [0, 0.1) is 6.92 Å². The Kier molecular flexibility index (Phi) is 5.06. The van der Waals surface area contributed by atoms with Crippen LogP contribution in [0.4, 0.5) is 5.82 Å². The quantitative estimate of drug-likeness (QED) is 0.670. The van der Waals surface area contributed by atoms with Crippen molar-refractivity contribution in [3.8, 4) is 11.1 Å². The van der Waals surface area contributed by atoms with Crippen molar-refractivity contribution in [1.29, 1.82) is 0 Å². The van der Waals surface area contributed by atoms with Gasteiger partial charge in [0.1, 0.15) is 11.6 Å². The van der Waals surface area contributed by atoms with Crippen molar-refractivity contribution in [3.05, 3.63) is 60.7 Å². The normalized spacial score (nSPS) is 14.8. The molecule has 8 heteroatoms. The molecule has 3 aromatic rings. The molecule has 1 aromatic carbocycles. The van der Waals surface area contributed by atoms with Gasteiger partial charge in [-0.25, -0.2) is 23.4 Å². The first kappa shape index (κ1) is 18.5. The topological polar surface area (TPSA) is 85.3 Å². The van der Waals surface area contributed by atoms with Gasteiger partial charge in [0.2, 0.25) is 9.84 Å². The third kappa shape index (κ3) is 3.74. The van der Waals surface area contributed by atoms with E-state index in [2.05, 4.69) is 15.0 Å². The fourth-order valence-corrected chi connectivity index (χ4v) is 4.26. The monoisotopic (exact) mass is 396 g/mol. The van der Waals surface area contributed by atoms with E-state index in [-0.39, 0.29) is 9.92 Å². The zero-order valence-electron chi connectivity index (χ0n) is 15.4. The van der Waals surface area contributed by atoms with Crippen LogP contribution in [-0.2, 0) is 14.6 Å². The highest BCUT2D eigenvalue weighted by Gasteiger charge is 2.23. The van der Waals surface area contributed by atoms with Gasteiger partial charge in [0, 0.05) is 31.0 Å². The minimum Gasteiger partial charge on any atom is -0.378 e. The molecule has 0 atom stereocenters. The summed E-state index contributed by atoms with van der Waals surface area (Å²) >= 11 is 0. The van der Waals surface area contributed by atoms with Crippen LogP contribution in [-0.4, -0.2) is 49.7 Å². The van der Waals surface area contributed by atoms with Gasteiger partial charge in [0.15, 0.2) is 5.03 Å². The maximum atomic E-state index is 13.2. The number of hydrogen-bond acceptors (Lipinski definition) is 7. The number of benzene rings is 1. The van der Waals surface area contributed by atoms with Gasteiger partial charge in [-0.05, 0) is 36.8 Å². The van der Waals surface area contributed by atoms with Crippen LogP contribution in [0.15, 0.2) is 64.8 Å². The van der Waals surface area contributed by atoms with Crippen molar-refractivity contribution < 1.29 is 13.2 Å². The maximum absolute atomic E-state index is 13.2. The summed E-state index contributed by atoms with van der Waals surface area (Å²) in [6, 6.07) is 11.8. The Morgan fingerprint density at radius 3 is 2.32 bits per heavy atom. The molecule has 0 spiro atoms. The molecule has 7 nitrogen and oxygen atoms in total. The van der Waals surface area contributed by atoms with Crippen LogP contribution in [0.25, 0.3) is 11.1 Å². The number of pyridine rings is 1. The van der Waals surface area contributed by atoms with Gasteiger partial charge in [0.25, 0.3) is 0 Å². The van der Waals surface area contributed by atoms with Crippen LogP contribution in [0.5, 0.6) is 0 Å². The average Bonchev–Trinajstić information content (AvgIpc) is 2.75. The number of ether oxygens (including phenoxy) is 1. The molecule has 28 heavy (non-hydrogen) atoms. The van der Waals surface area contributed by atoms with Crippen molar-refractivity contribution in [1.82, 2.24) is 15.0 Å². The Balaban J connectivity index is 1.85. The molecule has 144 valence electrons. The van der Waals surface area contributed by atoms with Gasteiger partial charge in [0.05, 0.1) is 18.1 Å². The second-order valence-electron chi connectivity index (χ2n) is 6.49. The number of rotatable bonds is 4. The minimum absolute atomic E-state index is 0.0123. The Labute approximate surface area is 164 Å². The molecule has 1 aliphatic rings. The SMILES string of the molecule is Cc1ncc(-c2cc(N3CCOCC3)nc(S(=O)(=O)c3ccccc3)c2)cn1. The molecule has 1 aliphatic heterocycles. The number of morpholine rings is 1. The average molecular weight is 396 g/mol. The molecule has 0 unspecified atom stereocenters. The van der Waals surface area contributed by atoms with Gasteiger partial charge in [-0.2, -0.15) is 0 Å². The molecule has 4 rings (SSSR count). The molecule has 0 N–H and O–H groups in total. The molecule has 0 aliphatic carbocycles. The molecular weight excluding hydrogens is 376 g/mol. The van der Waals surface area contributed by atoms with E-state index in [9.17, 15) is 8.42 Å². The van der Waals surface area contributed by atoms with Crippen molar-refractivity contribution in [2.45, 2.75) is 16.8 Å². The van der Waals surface area contributed by atoms with Crippen LogP contribution < -0.4 is 4.90 Å². The highest BCUT2D eigenvalue weighted by Crippen LogP contribution is 2.29. The van der Waals surface area contributed by atoms with Gasteiger partial charge >= 0.3 is 0 Å². The Morgan fingerprint density at radius 2 is 1.64 bits per heavy atom. The molecule has 1 saturated heterocycles. The fraction of sp³-hybridized carbons (Fsp3) is 0.250. The van der Waals surface area contributed by atoms with Gasteiger partial charge < -0.3 is 9.64 Å². The molecular formula is C20H20N4O3S. The third-order valence-corrected chi connectivity index (χ3v) is 6.22. The summed E-state index contributed by atoms with van der Waals surface area (Å²) in [4.78, 5) is 15.2. The lowest BCUT2D eigenvalue weighted by atomic mass is 10.1. The zero-order chi connectivity index (χ0) is 19.6. The molecule has 0 bridgehead atoms. The highest BCUT2D eigenvalue weighted by atomic mass is 32.2. The molecule has 0 amide bonds. The first-order chi connectivity index (χ1) is 13.5. The van der Waals surface area contributed by atoms with Gasteiger partial charge in [-0.3, -0.25) is 0 Å². The summed E-state index contributed by atoms with van der Waals surface area (Å²) in [6.07, 6.45) is 3.39. The smallest absolute Gasteiger partial charge is 0.223 e. The summed E-state index contributed by atoms with van der Waals surface area (Å²) < 4.78 is 31.7. The van der Waals surface area contributed by atoms with E-state index in [1.54, 1.807) is 55.7 Å². The standard InChI is InChI=1S/C20H20N4O3S/c1-15-21-13-17(14-22-15)16-11-19(24-7-9-27-10-8-24)23-20(12-16)28(25,26)18-5-3-2-4-6-18/h2-6,11-14H,7-10H2,1H3. The van der Waals surface area contributed by atoms with Crippen LogP contribution >= 0.6 is 0 Å². The predicted octanol–water partition coefficient (Wildman–Crippen LogP) is 2.52. The van der Waals surface area contributed by atoms with E-state index in [0.717, 1.165) is 5.56 Å². The summed E-state index contributed by atoms with van der Waals surface area (Å²) in [7, 11) is -3.75. The van der Waals surface area contributed by atoms with E-state index in [1.165, 1.54) is 0 Å². The largest absolute Gasteiger partial charge is 0.378 e. The van der Waals surface area contributed by atoms with E-state index in [0.29, 0.717) is 43.5 Å². The number of nitrogens with zero attached hydrogens (tertiary/aromatic N) is 4. The Bertz CT molecular complexity index is 1060. The van der Waals surface area contributed by atoms with Crippen molar-refractivity contribution >= 4 is 15.7 Å². The van der Waals surface area contributed by atoms with Crippen LogP contribution in [0.2, 0.25) is 0 Å². The molecule has 0 saturated carbocycles. The summed E-state index contributed by atoms with van der Waals surface area (Å²) in [5.74, 6) is 1.26. The minimum atomic E-state index is -3.75. The van der Waals surface area contributed by atoms with E-state index in [1.807, 2.05) is 11.0 Å². The lowest BCUT2D eigenvalue weighted by Gasteiger charge is -2.28. The van der Waals surface area contributed by atoms with Crippen LogP contribution in [0.3, 0.4) is 0 Å². The molecule has 0 radical (unpaired) electrons. The van der Waals surface area contributed by atoms with E-state index < -0.39 is 9.84 Å². The lowest BCUT2D eigenvalue weighted by Crippen LogP contribution is -2.37. The maximum Gasteiger partial charge on any atom is 0.223 e. The number of aromatic nitrogens is 3. The van der Waals surface area contributed by atoms with Crippen molar-refractivity contribution in [2.24, 2.45) is 0 Å². The first-order valence-electron chi connectivity index (χ1n) is 8.98. The number of aryl methyl sites for hydroxylation is 1. The summed E-state index contributed by atoms with van der Waals surface area (Å²) in [5.41, 5.74) is 1.46. The Hall–Kier alpha value is -2.84. The summed E-state index contributed by atoms with van der Waals surface area (Å²) in [5, 5.41) is 0.0123. The zero-order valence-corrected chi connectivity index (χ0v) is 16.3. The Morgan fingerprint density at radius 1 is 0.964 bits per heavy atom. The fourth-order valence-electron chi connectivity index (χ4n) is 3.01. The van der Waals surface area contributed by atoms with E-state index in [4.69, 9.17) is 4.74 Å². The van der Waals surface area contributed by atoms with Crippen molar-refractivity contribution in [2.75, 3.05) is 31.2 Å². The van der Waals surface area contributed by atoms with Gasteiger partial charge in [-0.1, -0.05) is 18.2 Å². The molecule has 1 fully saturated rings. The van der Waals surface area contributed by atoms with Crippen LogP contribution in [0.1, 0.15) is 5.82 Å². The van der Waals surface area contributed by atoms with Gasteiger partial charge in [-0.15, -0.1) is 0 Å². The van der Waals surface area contributed by atoms with Crippen molar-refractivity contribution in [3.63, 3.8) is 0 Å². The number of hydrogen-bond donors (Lipinski definition) is 0. The number of anilines is 1. The highest BCUT2D eigenvalue weighted by molar-refractivity contribution is 7.91. The van der Waals surface area contributed by atoms with E-state index >= 15 is 0 Å². The first-order valence-corrected chi connectivity index (χ1v) is 10.5. The molecule has 2 aromatic heterocycles. The summed E-state index contributed by atoms with van der Waals surface area (Å²) in [6.45, 7) is 4.29. The second-order valence-corrected chi connectivity index (χ2v) is 8.38. The lowest BCUT2D eigenvalue weighted by molar-refractivity contribution is 0.122. The second kappa shape index (κ2) is 7.65. The predicted molar refractivity (Wildman–Crippen MR) is 105 cm³/mol. The third-order valence-electron chi connectivity index (χ3n) is 4.57. The molecule has 3 heterocycles.